The quantitative estimate of drug-likeness (QED) is 0.871. The fourth-order valence-corrected chi connectivity index (χ4v) is 1.97. The van der Waals surface area contributed by atoms with Crippen molar-refractivity contribution in [3.8, 4) is 5.69 Å². The third-order valence-electron chi connectivity index (χ3n) is 2.83. The summed E-state index contributed by atoms with van der Waals surface area (Å²) in [6.07, 6.45) is 0.556. The van der Waals surface area contributed by atoms with E-state index in [9.17, 15) is 9.18 Å². The first-order chi connectivity index (χ1) is 9.58. The summed E-state index contributed by atoms with van der Waals surface area (Å²) in [5, 5.41) is 0. The molecule has 2 N–H and O–H groups in total. The van der Waals surface area contributed by atoms with Gasteiger partial charge in [-0.3, -0.25) is 4.57 Å². The van der Waals surface area contributed by atoms with Gasteiger partial charge in [-0.2, -0.15) is 0 Å². The van der Waals surface area contributed by atoms with E-state index < -0.39 is 5.97 Å². The van der Waals surface area contributed by atoms with E-state index in [4.69, 9.17) is 10.5 Å². The van der Waals surface area contributed by atoms with Crippen LogP contribution >= 0.6 is 0 Å². The fraction of sp³-hybridized carbons (Fsp3) is 0.286. The van der Waals surface area contributed by atoms with Gasteiger partial charge in [0.2, 0.25) is 0 Å². The SMILES string of the molecule is CCOC(=O)c1nc(CC)n(-c2cccc(F)c2)c1N. The molecule has 0 aliphatic carbocycles. The van der Waals surface area contributed by atoms with E-state index in [1.807, 2.05) is 6.92 Å². The number of nitrogens with two attached hydrogens (primary N) is 1. The molecular formula is C14H16FN3O2. The van der Waals surface area contributed by atoms with E-state index in [2.05, 4.69) is 4.98 Å². The number of carbonyl (C=O) groups excluding carboxylic acids is 1. The molecule has 1 aromatic carbocycles. The highest BCUT2D eigenvalue weighted by atomic mass is 19.1. The monoisotopic (exact) mass is 277 g/mol. The molecule has 0 fully saturated rings. The number of anilines is 1. The van der Waals surface area contributed by atoms with Crippen molar-refractivity contribution in [3.63, 3.8) is 0 Å². The molecule has 2 aromatic rings. The molecule has 0 saturated carbocycles. The molecule has 0 atom stereocenters. The Bertz CT molecular complexity index is 637. The van der Waals surface area contributed by atoms with Gasteiger partial charge >= 0.3 is 5.97 Å². The van der Waals surface area contributed by atoms with Crippen LogP contribution in [-0.2, 0) is 11.2 Å². The van der Waals surface area contributed by atoms with Gasteiger partial charge in [-0.25, -0.2) is 14.2 Å². The Morgan fingerprint density at radius 1 is 1.45 bits per heavy atom. The van der Waals surface area contributed by atoms with Crippen LogP contribution in [0.5, 0.6) is 0 Å². The predicted octanol–water partition coefficient (Wildman–Crippen LogP) is 2.33. The number of hydrogen-bond acceptors (Lipinski definition) is 4. The molecule has 6 heteroatoms. The van der Waals surface area contributed by atoms with Crippen LogP contribution in [0.3, 0.4) is 0 Å². The minimum Gasteiger partial charge on any atom is -0.461 e. The van der Waals surface area contributed by atoms with E-state index in [1.165, 1.54) is 12.1 Å². The molecule has 0 amide bonds. The zero-order valence-electron chi connectivity index (χ0n) is 11.4. The summed E-state index contributed by atoms with van der Waals surface area (Å²) < 4.78 is 19.8. The van der Waals surface area contributed by atoms with Gasteiger partial charge in [-0.05, 0) is 25.1 Å². The number of imidazole rings is 1. The Morgan fingerprint density at radius 3 is 2.80 bits per heavy atom. The van der Waals surface area contributed by atoms with Crippen LogP contribution in [0.15, 0.2) is 24.3 Å². The number of aryl methyl sites for hydroxylation is 1. The normalized spacial score (nSPS) is 10.6. The number of nitrogen functional groups attached to an aromatic ring is 1. The number of rotatable bonds is 4. The van der Waals surface area contributed by atoms with Crippen molar-refractivity contribution in [1.29, 1.82) is 0 Å². The largest absolute Gasteiger partial charge is 0.461 e. The summed E-state index contributed by atoms with van der Waals surface area (Å²) in [5.74, 6) is -0.216. The number of nitrogens with zero attached hydrogens (tertiary/aromatic N) is 2. The van der Waals surface area contributed by atoms with Gasteiger partial charge in [0.1, 0.15) is 17.5 Å². The van der Waals surface area contributed by atoms with Gasteiger partial charge < -0.3 is 10.5 Å². The Kier molecular flexibility index (Phi) is 4.02. The second kappa shape index (κ2) is 5.73. The fourth-order valence-electron chi connectivity index (χ4n) is 1.97. The highest BCUT2D eigenvalue weighted by Gasteiger charge is 2.21. The van der Waals surface area contributed by atoms with Crippen molar-refractivity contribution in [2.45, 2.75) is 20.3 Å². The summed E-state index contributed by atoms with van der Waals surface area (Å²) in [6, 6.07) is 5.96. The lowest BCUT2D eigenvalue weighted by molar-refractivity contribution is 0.0521. The average molecular weight is 277 g/mol. The Morgan fingerprint density at radius 2 is 2.20 bits per heavy atom. The molecule has 5 nitrogen and oxygen atoms in total. The van der Waals surface area contributed by atoms with E-state index in [0.717, 1.165) is 0 Å². The van der Waals surface area contributed by atoms with Crippen molar-refractivity contribution in [2.75, 3.05) is 12.3 Å². The molecule has 2 rings (SSSR count). The van der Waals surface area contributed by atoms with Crippen LogP contribution in [0.2, 0.25) is 0 Å². The highest BCUT2D eigenvalue weighted by molar-refractivity contribution is 5.92. The van der Waals surface area contributed by atoms with Crippen molar-refractivity contribution >= 4 is 11.8 Å². The van der Waals surface area contributed by atoms with Crippen molar-refractivity contribution in [1.82, 2.24) is 9.55 Å². The number of carbonyl (C=O) groups is 1. The summed E-state index contributed by atoms with van der Waals surface area (Å²) in [5.41, 5.74) is 6.56. The topological polar surface area (TPSA) is 70.1 Å². The van der Waals surface area contributed by atoms with Crippen LogP contribution in [0.25, 0.3) is 5.69 Å². The number of esters is 1. The first-order valence-electron chi connectivity index (χ1n) is 6.38. The lowest BCUT2D eigenvalue weighted by Gasteiger charge is -2.08. The number of halogens is 1. The molecule has 0 radical (unpaired) electrons. The van der Waals surface area contributed by atoms with Crippen LogP contribution in [-0.4, -0.2) is 22.1 Å². The summed E-state index contributed by atoms with van der Waals surface area (Å²) in [6.45, 7) is 3.83. The smallest absolute Gasteiger partial charge is 0.360 e. The molecule has 20 heavy (non-hydrogen) atoms. The maximum Gasteiger partial charge on any atom is 0.360 e. The number of hydrogen-bond donors (Lipinski definition) is 1. The minimum absolute atomic E-state index is 0.0629. The minimum atomic E-state index is -0.574. The average Bonchev–Trinajstić information content (AvgIpc) is 2.76. The van der Waals surface area contributed by atoms with Gasteiger partial charge in [0.25, 0.3) is 0 Å². The molecule has 1 heterocycles. The zero-order valence-corrected chi connectivity index (χ0v) is 11.4. The Hall–Kier alpha value is -2.37. The van der Waals surface area contributed by atoms with Gasteiger partial charge in [0, 0.05) is 6.42 Å². The molecule has 0 spiro atoms. The Balaban J connectivity index is 2.55. The van der Waals surface area contributed by atoms with Gasteiger partial charge in [-0.1, -0.05) is 13.0 Å². The maximum atomic E-state index is 13.3. The molecule has 0 aliphatic heterocycles. The third kappa shape index (κ3) is 2.49. The lowest BCUT2D eigenvalue weighted by atomic mass is 10.3. The second-order valence-corrected chi connectivity index (χ2v) is 4.15. The number of ether oxygens (including phenoxy) is 1. The van der Waals surface area contributed by atoms with Crippen LogP contribution in [0.1, 0.15) is 30.2 Å². The third-order valence-corrected chi connectivity index (χ3v) is 2.83. The molecule has 1 aromatic heterocycles. The van der Waals surface area contributed by atoms with Crippen LogP contribution < -0.4 is 5.73 Å². The van der Waals surface area contributed by atoms with Crippen molar-refractivity contribution < 1.29 is 13.9 Å². The zero-order chi connectivity index (χ0) is 14.7. The summed E-state index contributed by atoms with van der Waals surface area (Å²) in [7, 11) is 0. The Labute approximate surface area is 116 Å². The molecular weight excluding hydrogens is 261 g/mol. The second-order valence-electron chi connectivity index (χ2n) is 4.15. The van der Waals surface area contributed by atoms with Crippen LogP contribution in [0, 0.1) is 5.82 Å². The van der Waals surface area contributed by atoms with E-state index in [0.29, 0.717) is 17.9 Å². The molecule has 106 valence electrons. The molecule has 0 unspecified atom stereocenters. The van der Waals surface area contributed by atoms with Gasteiger partial charge in [0.05, 0.1) is 12.3 Å². The van der Waals surface area contributed by atoms with E-state index in [1.54, 1.807) is 23.6 Å². The summed E-state index contributed by atoms with van der Waals surface area (Å²) in [4.78, 5) is 16.0. The molecule has 0 saturated heterocycles. The van der Waals surface area contributed by atoms with E-state index in [-0.39, 0.29) is 23.9 Å². The van der Waals surface area contributed by atoms with Crippen LogP contribution in [0.4, 0.5) is 10.2 Å². The molecule has 0 bridgehead atoms. The maximum absolute atomic E-state index is 13.3. The number of benzene rings is 1. The first-order valence-corrected chi connectivity index (χ1v) is 6.38. The van der Waals surface area contributed by atoms with Crippen molar-refractivity contribution in [2.24, 2.45) is 0 Å². The summed E-state index contributed by atoms with van der Waals surface area (Å²) >= 11 is 0. The lowest BCUT2D eigenvalue weighted by Crippen LogP contribution is -2.09. The number of aromatic nitrogens is 2. The molecule has 0 aliphatic rings. The first kappa shape index (κ1) is 14.0. The highest BCUT2D eigenvalue weighted by Crippen LogP contribution is 2.22. The standard InChI is InChI=1S/C14H16FN3O2/c1-3-11-17-12(14(19)20-4-2)13(16)18(11)10-7-5-6-9(15)8-10/h5-8H,3-4,16H2,1-2H3. The predicted molar refractivity (Wildman–Crippen MR) is 73.3 cm³/mol. The van der Waals surface area contributed by atoms with E-state index >= 15 is 0 Å². The van der Waals surface area contributed by atoms with Gasteiger partial charge in [-0.15, -0.1) is 0 Å². The van der Waals surface area contributed by atoms with Crippen molar-refractivity contribution in [3.05, 3.63) is 41.6 Å². The van der Waals surface area contributed by atoms with Gasteiger partial charge in [0.15, 0.2) is 5.69 Å².